The van der Waals surface area contributed by atoms with Gasteiger partial charge < -0.3 is 14.8 Å². The van der Waals surface area contributed by atoms with Crippen LogP contribution in [0.5, 0.6) is 5.75 Å². The fourth-order valence-corrected chi connectivity index (χ4v) is 3.50. The van der Waals surface area contributed by atoms with Crippen molar-refractivity contribution in [3.05, 3.63) is 51.0 Å². The Hall–Kier alpha value is -1.62. The quantitative estimate of drug-likeness (QED) is 0.813. The van der Waals surface area contributed by atoms with Crippen molar-refractivity contribution in [3.63, 3.8) is 0 Å². The number of fused-ring (bicyclic) bond motifs is 1. The van der Waals surface area contributed by atoms with Crippen LogP contribution in [0.1, 0.15) is 5.56 Å². The van der Waals surface area contributed by atoms with Crippen LogP contribution >= 0.6 is 34.8 Å². The molecule has 120 valence electrons. The Kier molecular flexibility index (Phi) is 4.57. The minimum absolute atomic E-state index is 0.426. The molecule has 1 N–H and O–H groups in total. The van der Waals surface area contributed by atoms with Crippen LogP contribution in [-0.2, 0) is 11.2 Å². The van der Waals surface area contributed by atoms with Crippen LogP contribution in [0.25, 0.3) is 11.1 Å². The summed E-state index contributed by atoms with van der Waals surface area (Å²) in [5.41, 5.74) is 2.28. The second kappa shape index (κ2) is 6.48. The lowest BCUT2D eigenvalue weighted by molar-refractivity contribution is -0.0153. The maximum absolute atomic E-state index is 11.3. The van der Waals surface area contributed by atoms with Crippen molar-refractivity contribution in [2.75, 3.05) is 7.05 Å². The van der Waals surface area contributed by atoms with Crippen molar-refractivity contribution in [1.82, 2.24) is 5.32 Å². The summed E-state index contributed by atoms with van der Waals surface area (Å²) >= 11 is 18.5. The molecule has 1 aliphatic heterocycles. The first-order valence-corrected chi connectivity index (χ1v) is 7.95. The van der Waals surface area contributed by atoms with Gasteiger partial charge in [-0.1, -0.05) is 53.0 Å². The van der Waals surface area contributed by atoms with Gasteiger partial charge in [-0.3, -0.25) is 0 Å². The highest BCUT2D eigenvalue weighted by Gasteiger charge is 2.29. The number of carbonyl (C=O) groups is 1. The molecule has 0 saturated carbocycles. The third kappa shape index (κ3) is 3.20. The van der Waals surface area contributed by atoms with Gasteiger partial charge in [-0.15, -0.1) is 0 Å². The molecule has 23 heavy (non-hydrogen) atoms. The lowest BCUT2D eigenvalue weighted by Crippen LogP contribution is -2.28. The Balaban J connectivity index is 2.00. The minimum atomic E-state index is -0.684. The SMILES string of the molecule is CNC(=O)OC1Cc2cccc(-c3c(Cl)cc(Cl)cc3Cl)c2O1. The van der Waals surface area contributed by atoms with Gasteiger partial charge in [-0.05, 0) is 12.1 Å². The molecule has 1 unspecified atom stereocenters. The molecule has 0 fully saturated rings. The standard InChI is InChI=1S/C16H12Cl3NO3/c1-20-16(21)23-13-5-8-3-2-4-10(15(8)22-13)14-11(18)6-9(17)7-12(14)19/h2-4,6-7,13H,5H2,1H3,(H,20,21). The minimum Gasteiger partial charge on any atom is -0.453 e. The molecule has 0 bridgehead atoms. The van der Waals surface area contributed by atoms with Crippen molar-refractivity contribution >= 4 is 40.9 Å². The Bertz CT molecular complexity index is 756. The molecular formula is C16H12Cl3NO3. The summed E-state index contributed by atoms with van der Waals surface area (Å²) in [5, 5.41) is 3.70. The first-order valence-electron chi connectivity index (χ1n) is 6.81. The zero-order chi connectivity index (χ0) is 16.6. The number of hydrogen-bond acceptors (Lipinski definition) is 3. The van der Waals surface area contributed by atoms with Gasteiger partial charge in [-0.25, -0.2) is 4.79 Å². The fraction of sp³-hybridized carbons (Fsp3) is 0.188. The third-order valence-electron chi connectivity index (χ3n) is 3.45. The molecule has 0 aromatic heterocycles. The van der Waals surface area contributed by atoms with E-state index in [1.165, 1.54) is 7.05 Å². The number of amides is 1. The molecule has 0 radical (unpaired) electrons. The van der Waals surface area contributed by atoms with Gasteiger partial charge in [0.1, 0.15) is 5.75 Å². The zero-order valence-electron chi connectivity index (χ0n) is 12.0. The Morgan fingerprint density at radius 1 is 1.26 bits per heavy atom. The maximum atomic E-state index is 11.3. The fourth-order valence-electron chi connectivity index (χ4n) is 2.48. The van der Waals surface area contributed by atoms with Gasteiger partial charge in [0, 0.05) is 28.8 Å². The summed E-state index contributed by atoms with van der Waals surface area (Å²) in [4.78, 5) is 11.3. The highest BCUT2D eigenvalue weighted by Crippen LogP contribution is 2.45. The summed E-state index contributed by atoms with van der Waals surface area (Å²) in [6.07, 6.45) is -0.776. The van der Waals surface area contributed by atoms with Crippen LogP contribution in [0.4, 0.5) is 4.79 Å². The van der Waals surface area contributed by atoms with Gasteiger partial charge in [0.05, 0.1) is 16.5 Å². The maximum Gasteiger partial charge on any atom is 0.409 e. The molecule has 1 aliphatic rings. The van der Waals surface area contributed by atoms with Crippen molar-refractivity contribution in [2.24, 2.45) is 0 Å². The van der Waals surface area contributed by atoms with Crippen LogP contribution in [0, 0.1) is 0 Å². The lowest BCUT2D eigenvalue weighted by Gasteiger charge is -2.14. The molecule has 1 atom stereocenters. The molecule has 1 heterocycles. The summed E-state index contributed by atoms with van der Waals surface area (Å²) in [5.74, 6) is 0.604. The number of rotatable bonds is 2. The van der Waals surface area contributed by atoms with E-state index < -0.39 is 12.4 Å². The Morgan fingerprint density at radius 3 is 2.61 bits per heavy atom. The van der Waals surface area contributed by atoms with Crippen molar-refractivity contribution < 1.29 is 14.3 Å². The molecule has 1 amide bonds. The number of alkyl carbamates (subject to hydrolysis) is 1. The monoisotopic (exact) mass is 371 g/mol. The summed E-state index contributed by atoms with van der Waals surface area (Å²) in [6.45, 7) is 0. The van der Waals surface area contributed by atoms with Gasteiger partial charge in [-0.2, -0.15) is 0 Å². The molecular weight excluding hydrogens is 361 g/mol. The third-order valence-corrected chi connectivity index (χ3v) is 4.27. The van der Waals surface area contributed by atoms with E-state index in [0.717, 1.165) is 11.1 Å². The van der Waals surface area contributed by atoms with Gasteiger partial charge >= 0.3 is 6.09 Å². The first-order chi connectivity index (χ1) is 11.0. The van der Waals surface area contributed by atoms with Crippen molar-refractivity contribution in [1.29, 1.82) is 0 Å². The van der Waals surface area contributed by atoms with E-state index >= 15 is 0 Å². The van der Waals surface area contributed by atoms with E-state index in [2.05, 4.69) is 5.32 Å². The summed E-state index contributed by atoms with van der Waals surface area (Å²) in [6, 6.07) is 8.88. The highest BCUT2D eigenvalue weighted by molar-refractivity contribution is 6.42. The van der Waals surface area contributed by atoms with Gasteiger partial charge in [0.25, 0.3) is 0 Å². The normalized spacial score (nSPS) is 15.7. The highest BCUT2D eigenvalue weighted by atomic mass is 35.5. The average Bonchev–Trinajstić information content (AvgIpc) is 2.89. The second-order valence-corrected chi connectivity index (χ2v) is 6.20. The number of hydrogen-bond donors (Lipinski definition) is 1. The van der Waals surface area contributed by atoms with Gasteiger partial charge in [0.15, 0.2) is 0 Å². The van der Waals surface area contributed by atoms with E-state index in [1.54, 1.807) is 12.1 Å². The van der Waals surface area contributed by atoms with Gasteiger partial charge in [0.2, 0.25) is 6.29 Å². The Labute approximate surface area is 148 Å². The number of benzene rings is 2. The number of carbonyl (C=O) groups excluding carboxylic acids is 1. The van der Waals surface area contributed by atoms with E-state index in [-0.39, 0.29) is 0 Å². The molecule has 0 spiro atoms. The summed E-state index contributed by atoms with van der Waals surface area (Å²) < 4.78 is 10.9. The number of halogens is 3. The molecule has 7 heteroatoms. The largest absolute Gasteiger partial charge is 0.453 e. The smallest absolute Gasteiger partial charge is 0.409 e. The molecule has 2 aromatic rings. The van der Waals surface area contributed by atoms with E-state index in [4.69, 9.17) is 44.3 Å². The van der Waals surface area contributed by atoms with Crippen molar-refractivity contribution in [3.8, 4) is 16.9 Å². The van der Waals surface area contributed by atoms with Crippen LogP contribution in [0.15, 0.2) is 30.3 Å². The molecule has 0 saturated heterocycles. The van der Waals surface area contributed by atoms with Crippen LogP contribution in [-0.4, -0.2) is 19.4 Å². The zero-order valence-corrected chi connectivity index (χ0v) is 14.3. The average molecular weight is 373 g/mol. The predicted octanol–water partition coefficient (Wildman–Crippen LogP) is 4.93. The lowest BCUT2D eigenvalue weighted by atomic mass is 10.0. The number of nitrogens with one attached hydrogen (secondary N) is 1. The molecule has 3 rings (SSSR count). The van der Waals surface area contributed by atoms with E-state index in [9.17, 15) is 4.79 Å². The van der Waals surface area contributed by atoms with Crippen LogP contribution in [0.3, 0.4) is 0 Å². The molecule has 4 nitrogen and oxygen atoms in total. The first kappa shape index (κ1) is 16.2. The molecule has 2 aromatic carbocycles. The summed E-state index contributed by atoms with van der Waals surface area (Å²) in [7, 11) is 1.49. The van der Waals surface area contributed by atoms with Crippen LogP contribution < -0.4 is 10.1 Å². The Morgan fingerprint density at radius 2 is 1.96 bits per heavy atom. The molecule has 0 aliphatic carbocycles. The number of ether oxygens (including phenoxy) is 2. The number of para-hydroxylation sites is 1. The topological polar surface area (TPSA) is 47.6 Å². The predicted molar refractivity (Wildman–Crippen MR) is 90.6 cm³/mol. The second-order valence-electron chi connectivity index (χ2n) is 4.95. The van der Waals surface area contributed by atoms with Crippen LogP contribution in [0.2, 0.25) is 15.1 Å². The van der Waals surface area contributed by atoms with Crippen molar-refractivity contribution in [2.45, 2.75) is 12.7 Å². The van der Waals surface area contributed by atoms with E-state index in [1.807, 2.05) is 18.2 Å². The van der Waals surface area contributed by atoms with E-state index in [0.29, 0.717) is 32.8 Å².